The molecule has 20 heavy (non-hydrogen) atoms. The van der Waals surface area contributed by atoms with Crippen molar-refractivity contribution in [2.45, 2.75) is 6.92 Å². The summed E-state index contributed by atoms with van der Waals surface area (Å²) in [5.74, 6) is -1.46. The molecule has 0 aliphatic carbocycles. The largest absolute Gasteiger partial charge is 0.402 e. The molecule has 0 spiro atoms. The molecule has 2 aromatic rings. The average molecular weight is 271 g/mol. The normalized spacial score (nSPS) is 11.2. The van der Waals surface area contributed by atoms with Crippen molar-refractivity contribution in [1.82, 2.24) is 9.97 Å². The molecule has 0 fully saturated rings. The molecule has 102 valence electrons. The number of rotatable bonds is 4. The summed E-state index contributed by atoms with van der Waals surface area (Å²) in [6.45, 7) is 1.62. The fourth-order valence-corrected chi connectivity index (χ4v) is 1.56. The number of esters is 1. The van der Waals surface area contributed by atoms with E-state index in [4.69, 9.17) is 10.5 Å². The fraction of sp³-hybridized carbons (Fsp3) is 0.0714. The Hall–Kier alpha value is -2.89. The third-order valence-electron chi connectivity index (χ3n) is 2.55. The number of imidazole rings is 1. The Morgan fingerprint density at radius 2 is 2.00 bits per heavy atom. The monoisotopic (exact) mass is 271 g/mol. The van der Waals surface area contributed by atoms with Gasteiger partial charge in [0.25, 0.3) is 11.8 Å². The van der Waals surface area contributed by atoms with Gasteiger partial charge >= 0.3 is 5.97 Å². The predicted molar refractivity (Wildman–Crippen MR) is 72.8 cm³/mol. The minimum atomic E-state index is -0.741. The lowest BCUT2D eigenvalue weighted by atomic mass is 10.1. The molecule has 2 rings (SSSR count). The highest BCUT2D eigenvalue weighted by atomic mass is 16.5. The maximum absolute atomic E-state index is 11.9. The van der Waals surface area contributed by atoms with Crippen LogP contribution < -0.4 is 10.5 Å². The smallest absolute Gasteiger partial charge is 0.340 e. The maximum atomic E-state index is 11.9. The summed E-state index contributed by atoms with van der Waals surface area (Å²) in [5, 5.41) is 0. The van der Waals surface area contributed by atoms with Gasteiger partial charge in [-0.3, -0.25) is 4.79 Å². The van der Waals surface area contributed by atoms with Crippen LogP contribution in [-0.4, -0.2) is 21.8 Å². The third kappa shape index (κ3) is 3.11. The average Bonchev–Trinajstić information content (AvgIpc) is 2.88. The number of H-pyrrole nitrogens is 1. The van der Waals surface area contributed by atoms with E-state index in [0.717, 1.165) is 5.56 Å². The molecule has 3 N–H and O–H groups in total. The zero-order valence-electron chi connectivity index (χ0n) is 10.8. The van der Waals surface area contributed by atoms with Crippen LogP contribution in [0, 0.1) is 0 Å². The van der Waals surface area contributed by atoms with Crippen molar-refractivity contribution in [1.29, 1.82) is 0 Å². The van der Waals surface area contributed by atoms with E-state index in [-0.39, 0.29) is 11.6 Å². The second kappa shape index (κ2) is 5.83. The van der Waals surface area contributed by atoms with Crippen molar-refractivity contribution in [3.8, 4) is 5.88 Å². The Morgan fingerprint density at radius 3 is 2.65 bits per heavy atom. The first-order valence-corrected chi connectivity index (χ1v) is 5.86. The third-order valence-corrected chi connectivity index (χ3v) is 2.55. The molecule has 1 amide bonds. The van der Waals surface area contributed by atoms with Gasteiger partial charge in [0, 0.05) is 5.57 Å². The van der Waals surface area contributed by atoms with E-state index in [1.807, 2.05) is 30.3 Å². The van der Waals surface area contributed by atoms with E-state index in [1.54, 1.807) is 13.0 Å². The zero-order chi connectivity index (χ0) is 14.5. The van der Waals surface area contributed by atoms with Gasteiger partial charge in [-0.2, -0.15) is 0 Å². The van der Waals surface area contributed by atoms with Crippen LogP contribution in [0.25, 0.3) is 6.08 Å². The summed E-state index contributed by atoms with van der Waals surface area (Å²) in [7, 11) is 0. The van der Waals surface area contributed by atoms with Crippen LogP contribution >= 0.6 is 0 Å². The van der Waals surface area contributed by atoms with Crippen LogP contribution in [0.5, 0.6) is 5.88 Å². The molecule has 0 unspecified atom stereocenters. The molecule has 0 aliphatic rings. The first-order chi connectivity index (χ1) is 9.58. The molecule has 6 heteroatoms. The number of hydrogen-bond donors (Lipinski definition) is 2. The van der Waals surface area contributed by atoms with Crippen molar-refractivity contribution in [2.75, 3.05) is 0 Å². The number of nitrogens with two attached hydrogens (primary N) is 1. The molecule has 0 bridgehead atoms. The Kier molecular flexibility index (Phi) is 3.95. The number of carbonyl (C=O) groups is 2. The number of aromatic amines is 1. The first-order valence-electron chi connectivity index (χ1n) is 5.86. The lowest BCUT2D eigenvalue weighted by Gasteiger charge is -2.03. The van der Waals surface area contributed by atoms with Gasteiger partial charge < -0.3 is 15.5 Å². The van der Waals surface area contributed by atoms with E-state index < -0.39 is 11.9 Å². The van der Waals surface area contributed by atoms with E-state index >= 15 is 0 Å². The molecule has 0 atom stereocenters. The lowest BCUT2D eigenvalue weighted by molar-refractivity contribution is -0.130. The van der Waals surface area contributed by atoms with E-state index in [9.17, 15) is 9.59 Å². The molecule has 0 saturated carbocycles. The minimum Gasteiger partial charge on any atom is -0.402 e. The maximum Gasteiger partial charge on any atom is 0.340 e. The standard InChI is InChI=1S/C14H13N3O3/c1-9(7-10-5-3-2-4-6-10)14(19)20-13-11(12(15)18)16-8-17-13/h2-8H,1H3,(H2,15,18)(H,16,17)/b9-7+. The summed E-state index contributed by atoms with van der Waals surface area (Å²) in [5.41, 5.74) is 6.34. The Bertz CT molecular complexity index is 659. The van der Waals surface area contributed by atoms with Gasteiger partial charge in [0.2, 0.25) is 0 Å². The number of benzene rings is 1. The zero-order valence-corrected chi connectivity index (χ0v) is 10.8. The minimum absolute atomic E-state index is 0.0362. The van der Waals surface area contributed by atoms with E-state index in [2.05, 4.69) is 9.97 Å². The van der Waals surface area contributed by atoms with Crippen molar-refractivity contribution >= 4 is 18.0 Å². The SMILES string of the molecule is C/C(=C\c1ccccc1)C(=O)Oc1nc[nH]c1C(N)=O. The highest BCUT2D eigenvalue weighted by Crippen LogP contribution is 2.14. The van der Waals surface area contributed by atoms with Crippen molar-refractivity contribution in [3.05, 3.63) is 53.5 Å². The van der Waals surface area contributed by atoms with Crippen molar-refractivity contribution < 1.29 is 14.3 Å². The van der Waals surface area contributed by atoms with Crippen LogP contribution in [0.2, 0.25) is 0 Å². The number of primary amides is 1. The summed E-state index contributed by atoms with van der Waals surface area (Å²) in [6.07, 6.45) is 2.91. The van der Waals surface area contributed by atoms with Gasteiger partial charge in [-0.1, -0.05) is 30.3 Å². The van der Waals surface area contributed by atoms with Crippen LogP contribution in [0.3, 0.4) is 0 Å². The lowest BCUT2D eigenvalue weighted by Crippen LogP contribution is -2.16. The topological polar surface area (TPSA) is 98.1 Å². The summed E-state index contributed by atoms with van der Waals surface area (Å²) in [6, 6.07) is 9.33. The highest BCUT2D eigenvalue weighted by Gasteiger charge is 2.16. The number of aromatic nitrogens is 2. The molecule has 0 radical (unpaired) electrons. The van der Waals surface area contributed by atoms with Crippen molar-refractivity contribution in [3.63, 3.8) is 0 Å². The van der Waals surface area contributed by atoms with E-state index in [1.165, 1.54) is 6.33 Å². The van der Waals surface area contributed by atoms with Crippen LogP contribution in [-0.2, 0) is 4.79 Å². The number of ether oxygens (including phenoxy) is 1. The summed E-state index contributed by atoms with van der Waals surface area (Å²) in [4.78, 5) is 29.2. The van der Waals surface area contributed by atoms with E-state index in [0.29, 0.717) is 5.57 Å². The number of nitrogens with one attached hydrogen (secondary N) is 1. The summed E-state index contributed by atoms with van der Waals surface area (Å²) < 4.78 is 5.03. The summed E-state index contributed by atoms with van der Waals surface area (Å²) >= 11 is 0. The van der Waals surface area contributed by atoms with Gasteiger partial charge in [0.1, 0.15) is 0 Å². The second-order valence-corrected chi connectivity index (χ2v) is 4.07. The Labute approximate surface area is 115 Å². The predicted octanol–water partition coefficient (Wildman–Crippen LogP) is 1.52. The molecular weight excluding hydrogens is 258 g/mol. The number of amides is 1. The molecule has 0 saturated heterocycles. The Morgan fingerprint density at radius 1 is 1.30 bits per heavy atom. The first kappa shape index (κ1) is 13.5. The van der Waals surface area contributed by atoms with Crippen LogP contribution in [0.4, 0.5) is 0 Å². The molecule has 1 heterocycles. The fourth-order valence-electron chi connectivity index (χ4n) is 1.56. The molecular formula is C14H13N3O3. The van der Waals surface area contributed by atoms with Crippen LogP contribution in [0.1, 0.15) is 23.0 Å². The van der Waals surface area contributed by atoms with Crippen LogP contribution in [0.15, 0.2) is 42.2 Å². The van der Waals surface area contributed by atoms with Gasteiger partial charge in [-0.15, -0.1) is 0 Å². The Balaban J connectivity index is 2.14. The quantitative estimate of drug-likeness (QED) is 0.650. The second-order valence-electron chi connectivity index (χ2n) is 4.07. The number of carbonyl (C=O) groups excluding carboxylic acids is 2. The van der Waals surface area contributed by atoms with Gasteiger partial charge in [-0.25, -0.2) is 9.78 Å². The molecule has 6 nitrogen and oxygen atoms in total. The number of nitrogens with zero attached hydrogens (tertiary/aromatic N) is 1. The highest BCUT2D eigenvalue weighted by molar-refractivity contribution is 5.97. The van der Waals surface area contributed by atoms with Gasteiger partial charge in [0.05, 0.1) is 6.33 Å². The van der Waals surface area contributed by atoms with Gasteiger partial charge in [0.15, 0.2) is 5.69 Å². The van der Waals surface area contributed by atoms with Crippen molar-refractivity contribution in [2.24, 2.45) is 5.73 Å². The number of hydrogen-bond acceptors (Lipinski definition) is 4. The molecule has 1 aromatic heterocycles. The molecule has 0 aliphatic heterocycles. The molecule has 1 aromatic carbocycles. The van der Waals surface area contributed by atoms with Gasteiger partial charge in [-0.05, 0) is 18.6 Å².